The molecule has 1 aliphatic heterocycles. The summed E-state index contributed by atoms with van der Waals surface area (Å²) in [6, 6.07) is 3.67. The normalized spacial score (nSPS) is 18.4. The lowest BCUT2D eigenvalue weighted by Crippen LogP contribution is -2.31. The van der Waals surface area contributed by atoms with Crippen molar-refractivity contribution in [2.75, 3.05) is 20.3 Å². The van der Waals surface area contributed by atoms with Crippen molar-refractivity contribution in [1.82, 2.24) is 9.88 Å². The number of aromatic amines is 1. The summed E-state index contributed by atoms with van der Waals surface area (Å²) in [6.45, 7) is 0.650. The number of aromatic nitrogens is 1. The number of carbonyl (C=O) groups excluding carboxylic acids is 2. The van der Waals surface area contributed by atoms with E-state index in [2.05, 4.69) is 4.98 Å². The van der Waals surface area contributed by atoms with Gasteiger partial charge >= 0.3 is 0 Å². The van der Waals surface area contributed by atoms with Gasteiger partial charge < -0.3 is 9.72 Å². The van der Waals surface area contributed by atoms with Crippen LogP contribution in [0.15, 0.2) is 23.2 Å². The largest absolute Gasteiger partial charge is 0.383 e. The van der Waals surface area contributed by atoms with E-state index in [-0.39, 0.29) is 11.1 Å². The van der Waals surface area contributed by atoms with Crippen molar-refractivity contribution in [3.63, 3.8) is 0 Å². The minimum absolute atomic E-state index is 0.246. The maximum absolute atomic E-state index is 11.9. The quantitative estimate of drug-likeness (QED) is 0.828. The first-order chi connectivity index (χ1) is 8.22. The van der Waals surface area contributed by atoms with E-state index in [1.54, 1.807) is 12.3 Å². The van der Waals surface area contributed by atoms with Gasteiger partial charge in [-0.15, -0.1) is 0 Å². The van der Waals surface area contributed by atoms with Crippen LogP contribution in [-0.4, -0.2) is 41.3 Å². The fourth-order valence-electron chi connectivity index (χ4n) is 1.45. The van der Waals surface area contributed by atoms with Gasteiger partial charge in [0.1, 0.15) is 0 Å². The van der Waals surface area contributed by atoms with E-state index in [1.807, 2.05) is 12.1 Å². The van der Waals surface area contributed by atoms with Crippen LogP contribution in [0, 0.1) is 0 Å². The first-order valence-corrected chi connectivity index (χ1v) is 5.91. The van der Waals surface area contributed by atoms with Gasteiger partial charge in [-0.25, -0.2) is 0 Å². The number of methoxy groups -OCH3 is 1. The van der Waals surface area contributed by atoms with E-state index in [0.717, 1.165) is 17.5 Å². The lowest BCUT2D eigenvalue weighted by molar-refractivity contribution is -0.123. The van der Waals surface area contributed by atoms with Crippen molar-refractivity contribution in [1.29, 1.82) is 0 Å². The van der Waals surface area contributed by atoms with Gasteiger partial charge in [0.15, 0.2) is 0 Å². The zero-order valence-corrected chi connectivity index (χ0v) is 10.1. The summed E-state index contributed by atoms with van der Waals surface area (Å²) in [5.41, 5.74) is 0.808. The predicted molar refractivity (Wildman–Crippen MR) is 65.3 cm³/mol. The Balaban J connectivity index is 2.13. The first kappa shape index (κ1) is 11.9. The van der Waals surface area contributed by atoms with Gasteiger partial charge in [-0.1, -0.05) is 0 Å². The van der Waals surface area contributed by atoms with E-state index in [1.165, 1.54) is 12.0 Å². The number of H-pyrrole nitrogens is 1. The molecule has 17 heavy (non-hydrogen) atoms. The summed E-state index contributed by atoms with van der Waals surface area (Å²) in [6.07, 6.45) is 3.44. The number of amides is 2. The summed E-state index contributed by atoms with van der Waals surface area (Å²) in [4.78, 5) is 28.1. The highest BCUT2D eigenvalue weighted by atomic mass is 32.2. The maximum atomic E-state index is 11.9. The van der Waals surface area contributed by atoms with Crippen molar-refractivity contribution >= 4 is 29.0 Å². The van der Waals surface area contributed by atoms with Crippen LogP contribution in [0.5, 0.6) is 0 Å². The Bertz CT molecular complexity index is 453. The second-order valence-electron chi connectivity index (χ2n) is 3.45. The Morgan fingerprint density at radius 2 is 2.35 bits per heavy atom. The van der Waals surface area contributed by atoms with Crippen LogP contribution in [0.2, 0.25) is 0 Å². The van der Waals surface area contributed by atoms with Gasteiger partial charge in [-0.05, 0) is 30.0 Å². The predicted octanol–water partition coefficient (Wildman–Crippen LogP) is 1.70. The van der Waals surface area contributed by atoms with Gasteiger partial charge in [0.25, 0.3) is 11.1 Å². The molecule has 0 saturated carbocycles. The van der Waals surface area contributed by atoms with Gasteiger partial charge in [-0.3, -0.25) is 14.5 Å². The number of carbonyl (C=O) groups is 2. The van der Waals surface area contributed by atoms with E-state index < -0.39 is 0 Å². The fraction of sp³-hybridized carbons (Fsp3) is 0.273. The molecule has 0 radical (unpaired) electrons. The highest BCUT2D eigenvalue weighted by molar-refractivity contribution is 8.18. The summed E-state index contributed by atoms with van der Waals surface area (Å²) in [7, 11) is 1.54. The molecule has 90 valence electrons. The van der Waals surface area contributed by atoms with Gasteiger partial charge in [0.2, 0.25) is 0 Å². The first-order valence-electron chi connectivity index (χ1n) is 5.10. The fourth-order valence-corrected chi connectivity index (χ4v) is 2.31. The molecule has 1 saturated heterocycles. The maximum Gasteiger partial charge on any atom is 0.293 e. The lowest BCUT2D eigenvalue weighted by Gasteiger charge is -2.10. The number of thioether (sulfide) groups is 1. The van der Waals surface area contributed by atoms with Crippen LogP contribution in [-0.2, 0) is 9.53 Å². The Hall–Kier alpha value is -1.53. The molecule has 2 amide bonds. The molecule has 2 heterocycles. The molecule has 0 unspecified atom stereocenters. The van der Waals surface area contributed by atoms with Crippen molar-refractivity contribution in [2.45, 2.75) is 0 Å². The molecule has 1 aliphatic rings. The highest BCUT2D eigenvalue weighted by Gasteiger charge is 2.34. The molecule has 5 nitrogen and oxygen atoms in total. The molecule has 2 rings (SSSR count). The van der Waals surface area contributed by atoms with Gasteiger partial charge in [-0.2, -0.15) is 0 Å². The van der Waals surface area contributed by atoms with Gasteiger partial charge in [0.05, 0.1) is 18.1 Å². The van der Waals surface area contributed by atoms with Crippen LogP contribution in [0.1, 0.15) is 5.69 Å². The third kappa shape index (κ3) is 2.59. The molecule has 1 aromatic heterocycles. The minimum Gasteiger partial charge on any atom is -0.383 e. The second-order valence-corrected chi connectivity index (χ2v) is 4.44. The van der Waals surface area contributed by atoms with Gasteiger partial charge in [0, 0.05) is 19.0 Å². The average Bonchev–Trinajstić information content (AvgIpc) is 2.89. The molecule has 0 bridgehead atoms. The zero-order chi connectivity index (χ0) is 12.3. The smallest absolute Gasteiger partial charge is 0.293 e. The number of nitrogens with one attached hydrogen (secondary N) is 1. The minimum atomic E-state index is -0.258. The molecule has 1 aromatic rings. The molecule has 0 atom stereocenters. The topological polar surface area (TPSA) is 62.4 Å². The number of nitrogens with zero attached hydrogens (tertiary/aromatic N) is 1. The van der Waals surface area contributed by atoms with Crippen molar-refractivity contribution in [3.05, 3.63) is 28.9 Å². The SMILES string of the molecule is COCCN1C(=O)S/C(=C/c2ccc[nH]2)C1=O. The molecule has 0 spiro atoms. The summed E-state index contributed by atoms with van der Waals surface area (Å²) in [5, 5.41) is -0.246. The Labute approximate surface area is 103 Å². The molecule has 1 N–H and O–H groups in total. The molecule has 0 aromatic carbocycles. The Morgan fingerprint density at radius 1 is 1.53 bits per heavy atom. The van der Waals surface area contributed by atoms with Crippen LogP contribution < -0.4 is 0 Å². The summed E-state index contributed by atoms with van der Waals surface area (Å²) < 4.78 is 4.86. The van der Waals surface area contributed by atoms with Crippen molar-refractivity contribution in [2.24, 2.45) is 0 Å². The van der Waals surface area contributed by atoms with Crippen LogP contribution >= 0.6 is 11.8 Å². The number of ether oxygens (including phenoxy) is 1. The molecule has 1 fully saturated rings. The number of imide groups is 1. The third-order valence-electron chi connectivity index (χ3n) is 2.30. The highest BCUT2D eigenvalue weighted by Crippen LogP contribution is 2.31. The van der Waals surface area contributed by atoms with E-state index in [0.29, 0.717) is 18.1 Å². The standard InChI is InChI=1S/C11H12N2O3S/c1-16-6-5-13-10(14)9(17-11(13)15)7-8-3-2-4-12-8/h2-4,7,12H,5-6H2,1H3/b9-7+. The Morgan fingerprint density at radius 3 is 3.00 bits per heavy atom. The Kier molecular flexibility index (Phi) is 3.65. The number of hydrogen-bond acceptors (Lipinski definition) is 4. The zero-order valence-electron chi connectivity index (χ0n) is 9.30. The third-order valence-corrected chi connectivity index (χ3v) is 3.21. The second kappa shape index (κ2) is 5.20. The van der Waals surface area contributed by atoms with Crippen LogP contribution in [0.4, 0.5) is 4.79 Å². The van der Waals surface area contributed by atoms with E-state index in [4.69, 9.17) is 4.74 Å². The van der Waals surface area contributed by atoms with Crippen molar-refractivity contribution < 1.29 is 14.3 Å². The summed E-state index contributed by atoms with van der Waals surface area (Å²) >= 11 is 0.953. The molecule has 6 heteroatoms. The number of hydrogen-bond donors (Lipinski definition) is 1. The van der Waals surface area contributed by atoms with Crippen LogP contribution in [0.3, 0.4) is 0 Å². The monoisotopic (exact) mass is 252 g/mol. The molecule has 0 aliphatic carbocycles. The van der Waals surface area contributed by atoms with E-state index >= 15 is 0 Å². The number of rotatable bonds is 4. The van der Waals surface area contributed by atoms with E-state index in [9.17, 15) is 9.59 Å². The average molecular weight is 252 g/mol. The lowest BCUT2D eigenvalue weighted by atomic mass is 10.3. The molecular weight excluding hydrogens is 240 g/mol. The van der Waals surface area contributed by atoms with Crippen LogP contribution in [0.25, 0.3) is 6.08 Å². The molecular formula is C11H12N2O3S. The summed E-state index contributed by atoms with van der Waals surface area (Å²) in [5.74, 6) is -0.258. The van der Waals surface area contributed by atoms with Crippen molar-refractivity contribution in [3.8, 4) is 0 Å².